The second-order valence-corrected chi connectivity index (χ2v) is 7.31. The Hall–Kier alpha value is -1.11. The van der Waals surface area contributed by atoms with Gasteiger partial charge in [-0.1, -0.05) is 38.3 Å². The second kappa shape index (κ2) is 8.66. The number of hydrogen-bond acceptors (Lipinski definition) is 2. The lowest BCUT2D eigenvalue weighted by atomic mass is 9.78. The molecule has 0 radical (unpaired) electrons. The number of nitrogens with one attached hydrogen (secondary N) is 4. The summed E-state index contributed by atoms with van der Waals surface area (Å²) in [5.41, 5.74) is 6.70. The fraction of sp³-hybridized carbons (Fsp3) is 0.500. The summed E-state index contributed by atoms with van der Waals surface area (Å²) in [4.78, 5) is 0. The van der Waals surface area contributed by atoms with E-state index < -0.39 is 0 Å². The first-order chi connectivity index (χ1) is 11.0. The van der Waals surface area contributed by atoms with Gasteiger partial charge in [0, 0.05) is 16.8 Å². The highest BCUT2D eigenvalue weighted by atomic mass is 35.5. The van der Waals surface area contributed by atoms with Gasteiger partial charge in [0.1, 0.15) is 0 Å². The number of hydrogen-bond donors (Lipinski definition) is 4. The molecule has 1 saturated carbocycles. The number of benzene rings is 1. The molecule has 0 bridgehead atoms. The van der Waals surface area contributed by atoms with Gasteiger partial charge in [-0.3, -0.25) is 10.9 Å². The summed E-state index contributed by atoms with van der Waals surface area (Å²) < 4.78 is 0. The third-order valence-corrected chi connectivity index (χ3v) is 5.09. The lowest BCUT2D eigenvalue weighted by molar-refractivity contribution is 0.224. The average molecular weight is 371 g/mol. The van der Waals surface area contributed by atoms with Gasteiger partial charge in [-0.15, -0.1) is 0 Å². The van der Waals surface area contributed by atoms with Crippen LogP contribution in [-0.4, -0.2) is 16.3 Å². The van der Waals surface area contributed by atoms with E-state index in [0.29, 0.717) is 27.2 Å². The lowest BCUT2D eigenvalue weighted by Gasteiger charge is -2.35. The molecule has 0 saturated heterocycles. The van der Waals surface area contributed by atoms with Crippen molar-refractivity contribution < 1.29 is 0 Å². The normalized spacial score (nSPS) is 23.7. The predicted molar refractivity (Wildman–Crippen MR) is 106 cm³/mol. The number of hydrazine groups is 1. The van der Waals surface area contributed by atoms with Crippen LogP contribution in [0.2, 0.25) is 5.02 Å². The van der Waals surface area contributed by atoms with Crippen molar-refractivity contribution in [3.8, 4) is 0 Å². The van der Waals surface area contributed by atoms with Crippen LogP contribution in [0.3, 0.4) is 0 Å². The minimum atomic E-state index is 0.415. The number of thiocarbonyl (C=S) groups is 2. The van der Waals surface area contributed by atoms with Gasteiger partial charge in [-0.05, 0) is 67.0 Å². The summed E-state index contributed by atoms with van der Waals surface area (Å²) in [6.07, 6.45) is 3.70. The van der Waals surface area contributed by atoms with Crippen molar-refractivity contribution in [2.45, 2.75) is 39.2 Å². The molecule has 4 N–H and O–H groups in total. The third kappa shape index (κ3) is 5.79. The molecule has 0 heterocycles. The molecule has 3 atom stereocenters. The van der Waals surface area contributed by atoms with E-state index in [1.165, 1.54) is 12.8 Å². The van der Waals surface area contributed by atoms with Crippen LogP contribution >= 0.6 is 36.0 Å². The van der Waals surface area contributed by atoms with Gasteiger partial charge >= 0.3 is 0 Å². The zero-order valence-electron chi connectivity index (χ0n) is 13.4. The maximum absolute atomic E-state index is 5.85. The van der Waals surface area contributed by atoms with Crippen molar-refractivity contribution in [1.29, 1.82) is 0 Å². The molecule has 1 aromatic carbocycles. The van der Waals surface area contributed by atoms with E-state index in [9.17, 15) is 0 Å². The Bertz CT molecular complexity index is 550. The van der Waals surface area contributed by atoms with Crippen molar-refractivity contribution in [2.75, 3.05) is 5.32 Å². The molecule has 0 aliphatic heterocycles. The first-order valence-corrected chi connectivity index (χ1v) is 9.04. The third-order valence-electron chi connectivity index (χ3n) is 4.41. The Labute approximate surface area is 153 Å². The van der Waals surface area contributed by atoms with Crippen LogP contribution in [0.25, 0.3) is 0 Å². The molecule has 0 amide bonds. The number of anilines is 1. The molecule has 126 valence electrons. The van der Waals surface area contributed by atoms with Crippen molar-refractivity contribution in [3.63, 3.8) is 0 Å². The maximum atomic E-state index is 5.85. The minimum Gasteiger partial charge on any atom is -0.358 e. The Balaban J connectivity index is 1.73. The predicted octanol–water partition coefficient (Wildman–Crippen LogP) is 3.83. The van der Waals surface area contributed by atoms with Crippen LogP contribution in [0.5, 0.6) is 0 Å². The van der Waals surface area contributed by atoms with Crippen LogP contribution < -0.4 is 21.5 Å². The quantitative estimate of drug-likeness (QED) is 0.469. The first-order valence-electron chi connectivity index (χ1n) is 7.85. The molecule has 0 aromatic heterocycles. The van der Waals surface area contributed by atoms with Crippen molar-refractivity contribution in [1.82, 2.24) is 16.2 Å². The first kappa shape index (κ1) is 18.2. The van der Waals surface area contributed by atoms with Crippen molar-refractivity contribution in [3.05, 3.63) is 29.3 Å². The Kier molecular flexibility index (Phi) is 6.87. The van der Waals surface area contributed by atoms with E-state index >= 15 is 0 Å². The van der Waals surface area contributed by atoms with Crippen molar-refractivity contribution >= 4 is 51.9 Å². The van der Waals surface area contributed by atoms with E-state index in [4.69, 9.17) is 36.0 Å². The van der Waals surface area contributed by atoms with Crippen LogP contribution in [-0.2, 0) is 0 Å². The van der Waals surface area contributed by atoms with Gasteiger partial charge in [0.05, 0.1) is 0 Å². The largest absolute Gasteiger partial charge is 0.358 e. The summed E-state index contributed by atoms with van der Waals surface area (Å²) in [5, 5.41) is 8.13. The fourth-order valence-corrected chi connectivity index (χ4v) is 3.30. The average Bonchev–Trinajstić information content (AvgIpc) is 2.52. The van der Waals surface area contributed by atoms with E-state index in [0.717, 1.165) is 18.0 Å². The highest BCUT2D eigenvalue weighted by Gasteiger charge is 2.27. The highest BCUT2D eigenvalue weighted by Crippen LogP contribution is 2.29. The van der Waals surface area contributed by atoms with Crippen LogP contribution in [0.4, 0.5) is 5.69 Å². The van der Waals surface area contributed by atoms with Gasteiger partial charge in [-0.25, -0.2) is 0 Å². The van der Waals surface area contributed by atoms with Gasteiger partial charge < -0.3 is 10.6 Å². The molecule has 1 aliphatic carbocycles. The van der Waals surface area contributed by atoms with E-state index in [-0.39, 0.29) is 0 Å². The SMILES string of the molecule is C[C@@H]1[C@H](C)CCC[C@H]1NC(=S)NNC(=S)Nc1ccc(Cl)cc1. The molecule has 23 heavy (non-hydrogen) atoms. The van der Waals surface area contributed by atoms with Gasteiger partial charge in [-0.2, -0.15) is 0 Å². The molecule has 7 heteroatoms. The molecule has 2 rings (SSSR count). The molecule has 0 unspecified atom stereocenters. The number of halogens is 1. The standard InChI is InChI=1S/C16H23ClN4S2/c1-10-4-3-5-14(11(10)2)19-16(23)21-20-15(22)18-13-8-6-12(17)7-9-13/h6-11,14H,3-5H2,1-2H3,(H2,18,20,22)(H2,19,21,23)/t10-,11-,14-/m1/s1. The molecule has 1 aliphatic rings. The fourth-order valence-electron chi connectivity index (χ4n) is 2.80. The molecular weight excluding hydrogens is 348 g/mol. The second-order valence-electron chi connectivity index (χ2n) is 6.06. The molecular formula is C16H23ClN4S2. The van der Waals surface area contributed by atoms with E-state index in [2.05, 4.69) is 35.3 Å². The van der Waals surface area contributed by atoms with Gasteiger partial charge in [0.2, 0.25) is 0 Å². The van der Waals surface area contributed by atoms with Crippen LogP contribution in [0.1, 0.15) is 33.1 Å². The highest BCUT2D eigenvalue weighted by molar-refractivity contribution is 7.80. The summed E-state index contributed by atoms with van der Waals surface area (Å²) in [6.45, 7) is 4.59. The minimum absolute atomic E-state index is 0.415. The molecule has 4 nitrogen and oxygen atoms in total. The van der Waals surface area contributed by atoms with Gasteiger partial charge in [0.25, 0.3) is 0 Å². The Morgan fingerprint density at radius 3 is 2.39 bits per heavy atom. The monoisotopic (exact) mass is 370 g/mol. The van der Waals surface area contributed by atoms with Crippen LogP contribution in [0.15, 0.2) is 24.3 Å². The summed E-state index contributed by atoms with van der Waals surface area (Å²) >= 11 is 16.4. The zero-order chi connectivity index (χ0) is 16.8. The Morgan fingerprint density at radius 2 is 1.70 bits per heavy atom. The topological polar surface area (TPSA) is 48.1 Å². The summed E-state index contributed by atoms with van der Waals surface area (Å²) in [5.74, 6) is 1.34. The Morgan fingerprint density at radius 1 is 1.04 bits per heavy atom. The summed E-state index contributed by atoms with van der Waals surface area (Å²) in [6, 6.07) is 7.74. The lowest BCUT2D eigenvalue weighted by Crippen LogP contribution is -2.53. The zero-order valence-corrected chi connectivity index (χ0v) is 15.7. The van der Waals surface area contributed by atoms with E-state index in [1.54, 1.807) is 12.1 Å². The number of rotatable bonds is 2. The molecule has 0 spiro atoms. The van der Waals surface area contributed by atoms with Crippen LogP contribution in [0, 0.1) is 11.8 Å². The van der Waals surface area contributed by atoms with E-state index in [1.807, 2.05) is 12.1 Å². The van der Waals surface area contributed by atoms with Crippen molar-refractivity contribution in [2.24, 2.45) is 11.8 Å². The maximum Gasteiger partial charge on any atom is 0.189 e. The molecule has 1 aromatic rings. The molecule has 1 fully saturated rings. The smallest absolute Gasteiger partial charge is 0.189 e. The van der Waals surface area contributed by atoms with Gasteiger partial charge in [0.15, 0.2) is 10.2 Å². The summed E-state index contributed by atoms with van der Waals surface area (Å²) in [7, 11) is 0.